The highest BCUT2D eigenvalue weighted by molar-refractivity contribution is 9.10. The van der Waals surface area contributed by atoms with Crippen LogP contribution in [0.4, 0.5) is 18.3 Å². The molecule has 0 radical (unpaired) electrons. The van der Waals surface area contributed by atoms with Gasteiger partial charge in [0.25, 0.3) is 0 Å². The molecule has 0 fully saturated rings. The highest BCUT2D eigenvalue weighted by Gasteiger charge is 2.40. The minimum atomic E-state index is -4.65. The summed E-state index contributed by atoms with van der Waals surface area (Å²) in [4.78, 5) is 13.8. The van der Waals surface area contributed by atoms with Crippen molar-refractivity contribution in [3.63, 3.8) is 0 Å². The van der Waals surface area contributed by atoms with E-state index in [1.807, 2.05) is 0 Å². The Balaban J connectivity index is 1.83. The lowest BCUT2D eigenvalue weighted by Gasteiger charge is -2.29. The van der Waals surface area contributed by atoms with Gasteiger partial charge in [0.1, 0.15) is 16.0 Å². The molecule has 2 aromatic heterocycles. The molecule has 0 saturated heterocycles. The first-order chi connectivity index (χ1) is 13.8. The molecule has 4 rings (SSSR count). The van der Waals surface area contributed by atoms with Crippen LogP contribution in [0, 0.1) is 0 Å². The Bertz CT molecular complexity index is 1160. The summed E-state index contributed by atoms with van der Waals surface area (Å²) < 4.78 is 55.8. The van der Waals surface area contributed by atoms with Crippen LogP contribution in [0.3, 0.4) is 0 Å². The van der Waals surface area contributed by atoms with Crippen molar-refractivity contribution >= 4 is 48.4 Å². The minimum Gasteiger partial charge on any atom is -0.496 e. The molecule has 3 heterocycles. The van der Waals surface area contributed by atoms with E-state index in [9.17, 15) is 13.2 Å². The van der Waals surface area contributed by atoms with Crippen molar-refractivity contribution in [1.82, 2.24) is 15.0 Å². The second-order valence-electron chi connectivity index (χ2n) is 5.72. The number of benzene rings is 1. The largest absolute Gasteiger partial charge is 0.496 e. The lowest BCUT2D eigenvalue weighted by molar-refractivity contribution is -0.0932. The summed E-state index contributed by atoms with van der Waals surface area (Å²) in [7, 11) is 1.44. The number of halogens is 4. The number of ether oxygens (including phenoxy) is 1. The summed E-state index contributed by atoms with van der Waals surface area (Å²) in [6, 6.07) is 6.70. The molecule has 0 unspecified atom stereocenters. The van der Waals surface area contributed by atoms with Crippen LogP contribution in [0.25, 0.3) is 16.1 Å². The van der Waals surface area contributed by atoms with E-state index in [2.05, 4.69) is 30.9 Å². The monoisotopic (exact) mass is 469 g/mol. The Kier molecular flexibility index (Phi) is 4.52. The zero-order valence-corrected chi connectivity index (χ0v) is 16.7. The molecule has 28 heavy (non-hydrogen) atoms. The molecule has 0 amide bonds. The van der Waals surface area contributed by atoms with Crippen LogP contribution < -0.4 is 9.64 Å². The second-order valence-corrected chi connectivity index (χ2v) is 7.49. The van der Waals surface area contributed by atoms with Gasteiger partial charge in [0.2, 0.25) is 0 Å². The SMILES string of the molecule is [2H]C1=C(c2ccccc2OC)C=C(C(F)(F)F)N(c2nc3ncc(Br)nc3s2)C1. The summed E-state index contributed by atoms with van der Waals surface area (Å²) in [5, 5.41) is 0.0745. The number of thiazole rings is 1. The molecule has 1 aromatic carbocycles. The number of aromatic nitrogens is 3. The standard InChI is InChI=1S/C18H12BrF3N4OS/c1-27-12-5-3-2-4-11(12)10-6-7-26(13(8-10)18(20,21)22)17-25-15-16(28-17)24-14(19)9-23-15/h2-6,8-9H,7H2,1H3/i6D. The predicted octanol–water partition coefficient (Wildman–Crippen LogP) is 5.21. The van der Waals surface area contributed by atoms with Gasteiger partial charge in [-0.15, -0.1) is 0 Å². The molecule has 5 nitrogen and oxygen atoms in total. The zero-order valence-electron chi connectivity index (χ0n) is 15.3. The fraction of sp³-hybridized carbons (Fsp3) is 0.167. The maximum absolute atomic E-state index is 13.9. The molecule has 10 heteroatoms. The number of para-hydroxylation sites is 1. The molecule has 0 spiro atoms. The van der Waals surface area contributed by atoms with Crippen molar-refractivity contribution in [2.24, 2.45) is 0 Å². The van der Waals surface area contributed by atoms with Crippen molar-refractivity contribution in [2.45, 2.75) is 6.18 Å². The normalized spacial score (nSPS) is 15.7. The second kappa shape index (κ2) is 7.17. The van der Waals surface area contributed by atoms with Gasteiger partial charge in [-0.1, -0.05) is 35.6 Å². The molecule has 3 aromatic rings. The molecule has 0 atom stereocenters. The van der Waals surface area contributed by atoms with Crippen molar-refractivity contribution in [1.29, 1.82) is 0 Å². The van der Waals surface area contributed by atoms with Crippen LogP contribution in [0.1, 0.15) is 6.93 Å². The van der Waals surface area contributed by atoms with Gasteiger partial charge >= 0.3 is 6.18 Å². The number of nitrogens with zero attached hydrogens (tertiary/aromatic N) is 4. The number of methoxy groups -OCH3 is 1. The van der Waals surface area contributed by atoms with E-state index in [-0.39, 0.29) is 28.9 Å². The third-order valence-electron chi connectivity index (χ3n) is 4.00. The number of alkyl halides is 3. The van der Waals surface area contributed by atoms with Crippen LogP contribution >= 0.6 is 27.3 Å². The van der Waals surface area contributed by atoms with Crippen molar-refractivity contribution in [2.75, 3.05) is 18.6 Å². The quantitative estimate of drug-likeness (QED) is 0.527. The first-order valence-corrected chi connectivity index (χ1v) is 9.57. The molecule has 144 valence electrons. The first kappa shape index (κ1) is 17.6. The van der Waals surface area contributed by atoms with Crippen molar-refractivity contribution in [3.8, 4) is 5.75 Å². The Morgan fingerprint density at radius 2 is 2.07 bits per heavy atom. The van der Waals surface area contributed by atoms with Gasteiger partial charge in [-0.3, -0.25) is 0 Å². The van der Waals surface area contributed by atoms with E-state index in [4.69, 9.17) is 6.11 Å². The molecule has 0 saturated carbocycles. The zero-order chi connectivity index (χ0) is 20.8. The number of fused-ring (bicyclic) bond motifs is 1. The number of hydrogen-bond donors (Lipinski definition) is 0. The van der Waals surface area contributed by atoms with E-state index in [0.717, 1.165) is 22.3 Å². The number of allylic oxidation sites excluding steroid dienone is 3. The van der Waals surface area contributed by atoms with E-state index in [0.29, 0.717) is 20.7 Å². The van der Waals surface area contributed by atoms with Crippen molar-refractivity contribution < 1.29 is 19.3 Å². The summed E-state index contributed by atoms with van der Waals surface area (Å²) >= 11 is 4.17. The van der Waals surface area contributed by atoms with E-state index < -0.39 is 11.9 Å². The highest BCUT2D eigenvalue weighted by atomic mass is 79.9. The third kappa shape index (κ3) is 3.49. The lowest BCUT2D eigenvalue weighted by Crippen LogP contribution is -2.34. The minimum absolute atomic E-state index is 0.0175. The Hall–Kier alpha value is -2.46. The Morgan fingerprint density at radius 1 is 1.29 bits per heavy atom. The highest BCUT2D eigenvalue weighted by Crippen LogP contribution is 2.40. The van der Waals surface area contributed by atoms with Crippen LogP contribution in [0.5, 0.6) is 5.75 Å². The predicted molar refractivity (Wildman–Crippen MR) is 105 cm³/mol. The van der Waals surface area contributed by atoms with Gasteiger partial charge in [-0.05, 0) is 33.6 Å². The van der Waals surface area contributed by atoms with E-state index in [1.54, 1.807) is 24.3 Å². The number of anilines is 1. The molecule has 1 aliphatic rings. The molecule has 1 aliphatic heterocycles. The van der Waals surface area contributed by atoms with Gasteiger partial charge in [0, 0.05) is 12.1 Å². The third-order valence-corrected chi connectivity index (χ3v) is 5.34. The number of rotatable bonds is 3. The summed E-state index contributed by atoms with van der Waals surface area (Å²) in [6.45, 7) is -0.292. The van der Waals surface area contributed by atoms with Gasteiger partial charge in [0.05, 0.1) is 14.7 Å². The van der Waals surface area contributed by atoms with Gasteiger partial charge in [0.15, 0.2) is 15.6 Å². The van der Waals surface area contributed by atoms with Gasteiger partial charge in [-0.25, -0.2) is 9.97 Å². The average Bonchev–Trinajstić information content (AvgIpc) is 3.10. The fourth-order valence-corrected chi connectivity index (χ4v) is 4.08. The van der Waals surface area contributed by atoms with E-state index >= 15 is 0 Å². The summed E-state index contributed by atoms with van der Waals surface area (Å²) in [6.07, 6.45) is -2.25. The lowest BCUT2D eigenvalue weighted by atomic mass is 10.0. The molecule has 0 N–H and O–H groups in total. The summed E-state index contributed by atoms with van der Waals surface area (Å²) in [5.74, 6) is 0.400. The van der Waals surface area contributed by atoms with Gasteiger partial charge < -0.3 is 9.64 Å². The topological polar surface area (TPSA) is 51.1 Å². The Labute approximate surface area is 171 Å². The van der Waals surface area contributed by atoms with Gasteiger partial charge in [-0.2, -0.15) is 18.2 Å². The molecular formula is C18H12BrF3N4OS. The maximum Gasteiger partial charge on any atom is 0.431 e. The van der Waals surface area contributed by atoms with Crippen LogP contribution in [-0.2, 0) is 0 Å². The fourth-order valence-electron chi connectivity index (χ4n) is 2.77. The number of hydrogen-bond acceptors (Lipinski definition) is 6. The Morgan fingerprint density at radius 3 is 2.82 bits per heavy atom. The average molecular weight is 470 g/mol. The van der Waals surface area contributed by atoms with Crippen molar-refractivity contribution in [3.05, 3.63) is 58.5 Å². The molecule has 0 aliphatic carbocycles. The smallest absolute Gasteiger partial charge is 0.431 e. The molecular weight excluding hydrogens is 457 g/mol. The maximum atomic E-state index is 13.9. The van der Waals surface area contributed by atoms with E-state index in [1.165, 1.54) is 13.3 Å². The van der Waals surface area contributed by atoms with Crippen LogP contribution in [0.15, 0.2) is 52.9 Å². The summed E-state index contributed by atoms with van der Waals surface area (Å²) in [5.41, 5.74) is -0.0719. The van der Waals surface area contributed by atoms with Crippen LogP contribution in [-0.4, -0.2) is 34.8 Å². The van der Waals surface area contributed by atoms with Crippen LogP contribution in [0.2, 0.25) is 0 Å². The first-order valence-electron chi connectivity index (χ1n) is 8.46. The molecule has 0 bridgehead atoms.